The number of carbonyl (C=O) groups is 3. The van der Waals surface area contributed by atoms with Crippen molar-refractivity contribution in [2.24, 2.45) is 5.41 Å². The van der Waals surface area contributed by atoms with Crippen LogP contribution in [0, 0.1) is 16.7 Å². The highest BCUT2D eigenvalue weighted by molar-refractivity contribution is 8.01. The normalized spacial score (nSPS) is 26.4. The molecule has 32 heavy (non-hydrogen) atoms. The summed E-state index contributed by atoms with van der Waals surface area (Å²) >= 11 is 3.47. The number of rotatable bonds is 8. The van der Waals surface area contributed by atoms with Crippen LogP contribution in [0.25, 0.3) is 0 Å². The molecule has 2 aromatic heterocycles. The Balaban J connectivity index is 1.47. The molecule has 4 unspecified atom stereocenters. The van der Waals surface area contributed by atoms with Crippen LogP contribution in [0.5, 0.6) is 0 Å². The van der Waals surface area contributed by atoms with E-state index in [1.807, 2.05) is 6.07 Å². The number of carboxylic acids is 1. The summed E-state index contributed by atoms with van der Waals surface area (Å²) in [6.07, 6.45) is -1.47. The van der Waals surface area contributed by atoms with E-state index >= 15 is 0 Å². The number of thiophene rings is 1. The van der Waals surface area contributed by atoms with Crippen molar-refractivity contribution in [1.29, 1.82) is 5.26 Å². The van der Waals surface area contributed by atoms with Gasteiger partial charge in [0.1, 0.15) is 16.8 Å². The first kappa shape index (κ1) is 22.5. The van der Waals surface area contributed by atoms with E-state index in [-0.39, 0.29) is 23.9 Å². The standard InChI is InChI=1S/C17H17N7O5S3/c18-4-3-9(32-16-20-22-23-21-16)17(15(28)29)6-24-13(27)10(14(24)31-7-17)19-12(26)11(25)8-2-1-5-30-8/h1-2,5,9-11,14,25H,3,6-7H2,(H,19,26)(H,28,29)(H,20,21,22,23)/t9?,10?,11?,14-,17?/m1/s1. The van der Waals surface area contributed by atoms with Gasteiger partial charge < -0.3 is 20.4 Å². The zero-order valence-corrected chi connectivity index (χ0v) is 18.7. The molecule has 2 aliphatic heterocycles. The Kier molecular flexibility index (Phi) is 6.38. The molecular formula is C17H17N7O5S3. The van der Waals surface area contributed by atoms with E-state index in [9.17, 15) is 29.9 Å². The molecule has 0 radical (unpaired) electrons. The molecule has 4 N–H and O–H groups in total. The summed E-state index contributed by atoms with van der Waals surface area (Å²) in [7, 11) is 0. The van der Waals surface area contributed by atoms with Crippen molar-refractivity contribution in [3.63, 3.8) is 0 Å². The second kappa shape index (κ2) is 9.06. The highest BCUT2D eigenvalue weighted by Crippen LogP contribution is 2.48. The molecule has 4 rings (SSSR count). The Morgan fingerprint density at radius 1 is 1.53 bits per heavy atom. The first-order valence-corrected chi connectivity index (χ1v) is 12.1. The fraction of sp³-hybridized carbons (Fsp3) is 0.471. The first-order chi connectivity index (χ1) is 15.4. The fourth-order valence-corrected chi connectivity index (χ4v) is 7.14. The van der Waals surface area contributed by atoms with Crippen LogP contribution in [0.15, 0.2) is 22.7 Å². The zero-order valence-electron chi connectivity index (χ0n) is 16.2. The maximum atomic E-state index is 12.8. The number of aromatic nitrogens is 4. The summed E-state index contributed by atoms with van der Waals surface area (Å²) in [4.78, 5) is 39.3. The number of fused-ring (bicyclic) bond motifs is 1. The Morgan fingerprint density at radius 3 is 2.97 bits per heavy atom. The molecule has 2 saturated heterocycles. The third-order valence-electron chi connectivity index (χ3n) is 5.36. The van der Waals surface area contributed by atoms with Crippen molar-refractivity contribution < 1.29 is 24.6 Å². The summed E-state index contributed by atoms with van der Waals surface area (Å²) in [6.45, 7) is -0.115. The fourth-order valence-electron chi connectivity index (χ4n) is 3.63. The lowest BCUT2D eigenvalue weighted by atomic mass is 9.82. The van der Waals surface area contributed by atoms with E-state index in [0.29, 0.717) is 4.88 Å². The summed E-state index contributed by atoms with van der Waals surface area (Å²) in [5.74, 6) is -2.13. The number of hydrogen-bond donors (Lipinski definition) is 4. The molecule has 2 amide bonds. The van der Waals surface area contributed by atoms with E-state index in [0.717, 1.165) is 11.8 Å². The van der Waals surface area contributed by atoms with Gasteiger partial charge in [0.15, 0.2) is 6.10 Å². The van der Waals surface area contributed by atoms with Gasteiger partial charge in [-0.25, -0.2) is 0 Å². The molecule has 2 aromatic rings. The summed E-state index contributed by atoms with van der Waals surface area (Å²) in [6, 6.07) is 4.48. The Morgan fingerprint density at radius 2 is 2.34 bits per heavy atom. The molecule has 168 valence electrons. The second-order valence-electron chi connectivity index (χ2n) is 7.20. The maximum Gasteiger partial charge on any atom is 0.313 e. The number of aliphatic carboxylic acids is 1. The van der Waals surface area contributed by atoms with Gasteiger partial charge in [0, 0.05) is 28.8 Å². The lowest BCUT2D eigenvalue weighted by Crippen LogP contribution is -2.74. The van der Waals surface area contributed by atoms with Gasteiger partial charge in [-0.2, -0.15) is 10.5 Å². The lowest BCUT2D eigenvalue weighted by molar-refractivity contribution is -0.159. The molecule has 0 aromatic carbocycles. The van der Waals surface area contributed by atoms with Gasteiger partial charge in [-0.05, 0) is 16.7 Å². The average molecular weight is 496 g/mol. The predicted molar refractivity (Wildman–Crippen MR) is 113 cm³/mol. The number of aliphatic hydroxyl groups is 1. The first-order valence-electron chi connectivity index (χ1n) is 9.32. The van der Waals surface area contributed by atoms with Gasteiger partial charge in [0.25, 0.3) is 5.91 Å². The summed E-state index contributed by atoms with van der Waals surface area (Å²) < 4.78 is 0. The van der Waals surface area contributed by atoms with Crippen LogP contribution in [0.4, 0.5) is 0 Å². The predicted octanol–water partition coefficient (Wildman–Crippen LogP) is -0.160. The van der Waals surface area contributed by atoms with Crippen LogP contribution < -0.4 is 5.32 Å². The number of amides is 2. The van der Waals surface area contributed by atoms with Crippen LogP contribution in [0.3, 0.4) is 0 Å². The number of tetrazole rings is 1. The zero-order chi connectivity index (χ0) is 22.9. The van der Waals surface area contributed by atoms with Gasteiger partial charge in [-0.3, -0.25) is 14.4 Å². The van der Waals surface area contributed by atoms with Crippen molar-refractivity contribution in [1.82, 2.24) is 30.8 Å². The van der Waals surface area contributed by atoms with Crippen LogP contribution in [0.2, 0.25) is 0 Å². The van der Waals surface area contributed by atoms with Crippen LogP contribution in [-0.4, -0.2) is 82.5 Å². The summed E-state index contributed by atoms with van der Waals surface area (Å²) in [5.41, 5.74) is -1.41. The van der Waals surface area contributed by atoms with Gasteiger partial charge in [-0.1, -0.05) is 17.8 Å². The van der Waals surface area contributed by atoms with E-state index in [1.165, 1.54) is 28.0 Å². The number of β-lactam (4-membered cyclic amide) rings is 1. The molecule has 0 saturated carbocycles. The van der Waals surface area contributed by atoms with Crippen LogP contribution in [-0.2, 0) is 14.4 Å². The molecule has 0 spiro atoms. The molecule has 15 heteroatoms. The number of nitrogens with zero attached hydrogens (tertiary/aromatic N) is 5. The molecule has 0 bridgehead atoms. The molecule has 2 aliphatic rings. The minimum Gasteiger partial charge on any atom is -0.481 e. The van der Waals surface area contributed by atoms with E-state index in [4.69, 9.17) is 0 Å². The van der Waals surface area contributed by atoms with Crippen LogP contribution >= 0.6 is 34.9 Å². The number of nitrogens with one attached hydrogen (secondary N) is 2. The monoisotopic (exact) mass is 495 g/mol. The SMILES string of the molecule is N#CCC(Sc1nn[nH]n1)C1(C(=O)O)CS[C@@H]2C(NC(=O)C(O)c3cccs3)C(=O)N2C1. The van der Waals surface area contributed by atoms with Crippen molar-refractivity contribution in [3.8, 4) is 6.07 Å². The summed E-state index contributed by atoms with van der Waals surface area (Å²) in [5, 5.41) is 46.2. The Hall–Kier alpha value is -2.67. The topological polar surface area (TPSA) is 185 Å². The number of nitriles is 1. The van der Waals surface area contributed by atoms with Gasteiger partial charge in [-0.15, -0.1) is 33.3 Å². The van der Waals surface area contributed by atoms with Gasteiger partial charge in [0.2, 0.25) is 11.1 Å². The molecule has 0 aliphatic carbocycles. The minimum absolute atomic E-state index is 0.0913. The number of aromatic amines is 1. The van der Waals surface area contributed by atoms with Gasteiger partial charge in [0.05, 0.1) is 6.07 Å². The number of thioether (sulfide) groups is 2. The Labute approximate surface area is 193 Å². The third-order valence-corrected chi connectivity index (χ3v) is 9.12. The van der Waals surface area contributed by atoms with Crippen LogP contribution in [0.1, 0.15) is 17.4 Å². The molecular weight excluding hydrogens is 478 g/mol. The number of aliphatic hydroxyl groups excluding tert-OH is 1. The molecule has 5 atom stereocenters. The number of carboxylic acid groups (broad SMARTS) is 1. The molecule has 12 nitrogen and oxygen atoms in total. The second-order valence-corrected chi connectivity index (χ2v) is 10.5. The quantitative estimate of drug-likeness (QED) is 0.282. The number of carbonyl (C=O) groups excluding carboxylic acids is 2. The van der Waals surface area contributed by atoms with Crippen molar-refractivity contribution in [2.45, 2.75) is 34.3 Å². The van der Waals surface area contributed by atoms with Crippen molar-refractivity contribution in [2.75, 3.05) is 12.3 Å². The highest BCUT2D eigenvalue weighted by Gasteiger charge is 2.60. The number of hydrogen-bond acceptors (Lipinski definition) is 11. The maximum absolute atomic E-state index is 12.8. The smallest absolute Gasteiger partial charge is 0.313 e. The molecule has 2 fully saturated rings. The lowest BCUT2D eigenvalue weighted by Gasteiger charge is -2.55. The minimum atomic E-state index is -1.41. The van der Waals surface area contributed by atoms with Crippen molar-refractivity contribution in [3.05, 3.63) is 22.4 Å². The average Bonchev–Trinajstić information content (AvgIpc) is 3.50. The largest absolute Gasteiger partial charge is 0.481 e. The Bertz CT molecular complexity index is 1040. The van der Waals surface area contributed by atoms with Gasteiger partial charge >= 0.3 is 5.97 Å². The van der Waals surface area contributed by atoms with E-state index in [2.05, 4.69) is 25.9 Å². The molecule has 4 heterocycles. The van der Waals surface area contributed by atoms with E-state index in [1.54, 1.807) is 17.5 Å². The third kappa shape index (κ3) is 3.94. The number of H-pyrrole nitrogens is 1. The van der Waals surface area contributed by atoms with E-state index < -0.39 is 46.0 Å². The van der Waals surface area contributed by atoms with Crippen molar-refractivity contribution >= 4 is 52.6 Å². The highest BCUT2D eigenvalue weighted by atomic mass is 32.2.